The van der Waals surface area contributed by atoms with E-state index in [1.165, 1.54) is 0 Å². The van der Waals surface area contributed by atoms with Crippen molar-refractivity contribution in [1.29, 1.82) is 0 Å². The summed E-state index contributed by atoms with van der Waals surface area (Å²) in [6.07, 6.45) is -13.2. The van der Waals surface area contributed by atoms with Crippen molar-refractivity contribution in [3.63, 3.8) is 0 Å². The summed E-state index contributed by atoms with van der Waals surface area (Å²) in [5, 5.41) is 70.6. The predicted molar refractivity (Wildman–Crippen MR) is 126 cm³/mol. The molecule has 7 N–H and O–H groups in total. The zero-order valence-electron chi connectivity index (χ0n) is 21.5. The van der Waals surface area contributed by atoms with E-state index in [0.717, 1.165) is 5.57 Å². The first-order valence-corrected chi connectivity index (χ1v) is 12.3. The van der Waals surface area contributed by atoms with Gasteiger partial charge in [0.05, 0.1) is 37.6 Å². The van der Waals surface area contributed by atoms with Crippen molar-refractivity contribution in [2.75, 3.05) is 26.4 Å². The first kappa shape index (κ1) is 31.5. The number of aliphatic hydroxyl groups excluding tert-OH is 7. The maximum absolute atomic E-state index is 10.7. The number of aliphatic hydroxyl groups is 7. The topological polar surface area (TPSA) is 188 Å². The SMILES string of the molecule is C=C(C)C(C)OCCC(C)(C)OCCC1OC(CO)C(OC2OC(CO)C(O)C(O)C2O)C(O)C1O. The van der Waals surface area contributed by atoms with Gasteiger partial charge in [0.15, 0.2) is 6.29 Å². The Bertz CT molecular complexity index is 671. The van der Waals surface area contributed by atoms with Crippen LogP contribution >= 0.6 is 0 Å². The summed E-state index contributed by atoms with van der Waals surface area (Å²) in [6.45, 7) is 11.0. The van der Waals surface area contributed by atoms with E-state index in [1.54, 1.807) is 0 Å². The minimum Gasteiger partial charge on any atom is -0.394 e. The van der Waals surface area contributed by atoms with Crippen LogP contribution in [0.3, 0.4) is 0 Å². The van der Waals surface area contributed by atoms with E-state index in [1.807, 2.05) is 27.7 Å². The normalized spacial score (nSPS) is 38.6. The molecule has 2 saturated heterocycles. The van der Waals surface area contributed by atoms with Crippen LogP contribution in [0.2, 0.25) is 0 Å². The average Bonchev–Trinajstić information content (AvgIpc) is 2.82. The molecule has 0 amide bonds. The Morgan fingerprint density at radius 1 is 0.861 bits per heavy atom. The van der Waals surface area contributed by atoms with Crippen LogP contribution in [0.4, 0.5) is 0 Å². The van der Waals surface area contributed by atoms with Crippen LogP contribution in [0, 0.1) is 0 Å². The number of rotatable bonds is 13. The van der Waals surface area contributed by atoms with E-state index in [4.69, 9.17) is 23.7 Å². The predicted octanol–water partition coefficient (Wildman–Crippen LogP) is -1.79. The van der Waals surface area contributed by atoms with Crippen molar-refractivity contribution in [3.8, 4) is 0 Å². The van der Waals surface area contributed by atoms with Crippen molar-refractivity contribution in [2.24, 2.45) is 0 Å². The Kier molecular flexibility index (Phi) is 12.1. The van der Waals surface area contributed by atoms with E-state index < -0.39 is 80.0 Å². The molecule has 11 atom stereocenters. The number of hydrogen-bond acceptors (Lipinski definition) is 12. The van der Waals surface area contributed by atoms with Crippen LogP contribution < -0.4 is 0 Å². The Labute approximate surface area is 212 Å². The minimum absolute atomic E-state index is 0.0540. The van der Waals surface area contributed by atoms with Gasteiger partial charge in [-0.1, -0.05) is 12.2 Å². The summed E-state index contributed by atoms with van der Waals surface area (Å²) in [5.41, 5.74) is 0.418. The summed E-state index contributed by atoms with van der Waals surface area (Å²) in [5.74, 6) is 0. The molecule has 0 radical (unpaired) electrons. The van der Waals surface area contributed by atoms with Gasteiger partial charge in [-0.15, -0.1) is 0 Å². The fraction of sp³-hybridized carbons (Fsp3) is 0.917. The third kappa shape index (κ3) is 8.13. The lowest BCUT2D eigenvalue weighted by Gasteiger charge is -2.46. The molecule has 2 rings (SSSR count). The number of ether oxygens (including phenoxy) is 5. The molecule has 0 aliphatic carbocycles. The van der Waals surface area contributed by atoms with Crippen molar-refractivity contribution in [2.45, 2.75) is 113 Å². The highest BCUT2D eigenvalue weighted by molar-refractivity contribution is 4.96. The van der Waals surface area contributed by atoms with Gasteiger partial charge in [0.25, 0.3) is 0 Å². The lowest BCUT2D eigenvalue weighted by atomic mass is 9.93. The highest BCUT2D eigenvalue weighted by Crippen LogP contribution is 2.30. The van der Waals surface area contributed by atoms with Crippen LogP contribution in [0.1, 0.15) is 40.5 Å². The van der Waals surface area contributed by atoms with Crippen LogP contribution in [0.5, 0.6) is 0 Å². The van der Waals surface area contributed by atoms with Crippen LogP contribution in [-0.4, -0.2) is 135 Å². The molecule has 2 heterocycles. The summed E-state index contributed by atoms with van der Waals surface area (Å²) in [7, 11) is 0. The van der Waals surface area contributed by atoms with E-state index >= 15 is 0 Å². The molecule has 2 aliphatic heterocycles. The molecule has 12 nitrogen and oxygen atoms in total. The lowest BCUT2D eigenvalue weighted by molar-refractivity contribution is -0.342. The van der Waals surface area contributed by atoms with Gasteiger partial charge in [0.1, 0.15) is 48.8 Å². The zero-order chi connectivity index (χ0) is 27.2. The molecule has 36 heavy (non-hydrogen) atoms. The van der Waals surface area contributed by atoms with Gasteiger partial charge in [-0.2, -0.15) is 0 Å². The fourth-order valence-electron chi connectivity index (χ4n) is 4.05. The quantitative estimate of drug-likeness (QED) is 0.134. The molecule has 0 saturated carbocycles. The second kappa shape index (κ2) is 13.9. The molecule has 0 aromatic carbocycles. The summed E-state index contributed by atoms with van der Waals surface area (Å²) < 4.78 is 28.3. The molecule has 0 aromatic rings. The standard InChI is InChI=1S/C24H44O12/c1-12(2)13(3)32-9-7-24(4,5)33-8-6-14-17(27)20(30)22(16(11-26)34-14)36-23-21(31)19(29)18(28)15(10-25)35-23/h13-23,25-31H,1,6-11H2,2-5H3. The van der Waals surface area contributed by atoms with Crippen molar-refractivity contribution >= 4 is 0 Å². The minimum atomic E-state index is -1.71. The van der Waals surface area contributed by atoms with E-state index in [0.29, 0.717) is 13.0 Å². The van der Waals surface area contributed by atoms with Gasteiger partial charge in [0, 0.05) is 6.61 Å². The molecule has 2 aliphatic rings. The monoisotopic (exact) mass is 524 g/mol. The maximum atomic E-state index is 10.7. The fourth-order valence-corrected chi connectivity index (χ4v) is 4.05. The Morgan fingerprint density at radius 2 is 1.47 bits per heavy atom. The first-order chi connectivity index (χ1) is 16.8. The highest BCUT2D eigenvalue weighted by Gasteiger charge is 2.50. The zero-order valence-corrected chi connectivity index (χ0v) is 21.5. The van der Waals surface area contributed by atoms with E-state index in [9.17, 15) is 35.7 Å². The summed E-state index contributed by atoms with van der Waals surface area (Å²) in [4.78, 5) is 0. The molecular weight excluding hydrogens is 480 g/mol. The smallest absolute Gasteiger partial charge is 0.187 e. The van der Waals surface area contributed by atoms with Crippen LogP contribution in [-0.2, 0) is 23.7 Å². The highest BCUT2D eigenvalue weighted by atomic mass is 16.7. The van der Waals surface area contributed by atoms with E-state index in [-0.39, 0.29) is 19.1 Å². The maximum Gasteiger partial charge on any atom is 0.187 e. The van der Waals surface area contributed by atoms with Gasteiger partial charge < -0.3 is 59.4 Å². The Balaban J connectivity index is 1.91. The Hall–Kier alpha value is -0.740. The molecule has 12 heteroatoms. The molecule has 0 bridgehead atoms. The number of hydrogen-bond donors (Lipinski definition) is 7. The summed E-state index contributed by atoms with van der Waals surface area (Å²) in [6, 6.07) is 0. The average molecular weight is 525 g/mol. The van der Waals surface area contributed by atoms with Crippen molar-refractivity contribution < 1.29 is 59.4 Å². The van der Waals surface area contributed by atoms with Gasteiger partial charge in [-0.3, -0.25) is 0 Å². The van der Waals surface area contributed by atoms with Crippen LogP contribution in [0.25, 0.3) is 0 Å². The van der Waals surface area contributed by atoms with Gasteiger partial charge in [0.2, 0.25) is 0 Å². The third-order valence-electron chi connectivity index (χ3n) is 6.76. The molecule has 11 unspecified atom stereocenters. The largest absolute Gasteiger partial charge is 0.394 e. The lowest BCUT2D eigenvalue weighted by Crippen LogP contribution is -2.64. The second-order valence-corrected chi connectivity index (χ2v) is 10.2. The van der Waals surface area contributed by atoms with Crippen molar-refractivity contribution in [1.82, 2.24) is 0 Å². The van der Waals surface area contributed by atoms with Crippen molar-refractivity contribution in [3.05, 3.63) is 12.2 Å². The van der Waals surface area contributed by atoms with Gasteiger partial charge >= 0.3 is 0 Å². The molecule has 212 valence electrons. The molecule has 0 aromatic heterocycles. The second-order valence-electron chi connectivity index (χ2n) is 10.2. The first-order valence-electron chi connectivity index (χ1n) is 12.3. The van der Waals surface area contributed by atoms with Gasteiger partial charge in [-0.05, 0) is 40.5 Å². The molecule has 0 spiro atoms. The van der Waals surface area contributed by atoms with Gasteiger partial charge in [-0.25, -0.2) is 0 Å². The molecular formula is C24H44O12. The van der Waals surface area contributed by atoms with Crippen LogP contribution in [0.15, 0.2) is 12.2 Å². The Morgan fingerprint density at radius 3 is 2.06 bits per heavy atom. The van der Waals surface area contributed by atoms with E-state index in [2.05, 4.69) is 6.58 Å². The molecule has 2 fully saturated rings. The third-order valence-corrected chi connectivity index (χ3v) is 6.76. The summed E-state index contributed by atoms with van der Waals surface area (Å²) >= 11 is 0.